The number of nitrogens with one attached hydrogen (secondary N) is 1. The predicted molar refractivity (Wildman–Crippen MR) is 81.0 cm³/mol. The quantitative estimate of drug-likeness (QED) is 0.757. The van der Waals surface area contributed by atoms with Gasteiger partial charge in [0.1, 0.15) is 17.7 Å². The summed E-state index contributed by atoms with van der Waals surface area (Å²) in [5.41, 5.74) is 1.03. The minimum Gasteiger partial charge on any atom is -0.483 e. The van der Waals surface area contributed by atoms with Gasteiger partial charge in [-0.2, -0.15) is 0 Å². The number of benzene rings is 2. The van der Waals surface area contributed by atoms with E-state index < -0.39 is 0 Å². The van der Waals surface area contributed by atoms with Crippen molar-refractivity contribution in [2.75, 3.05) is 26.8 Å². The third-order valence-corrected chi connectivity index (χ3v) is 3.03. The van der Waals surface area contributed by atoms with Crippen LogP contribution in [0.2, 0.25) is 0 Å². The molecule has 1 N–H and O–H groups in total. The molecule has 0 fully saturated rings. The highest BCUT2D eigenvalue weighted by molar-refractivity contribution is 5.25. The van der Waals surface area contributed by atoms with Crippen molar-refractivity contribution in [3.05, 3.63) is 66.0 Å². The average Bonchev–Trinajstić information content (AvgIpc) is 2.53. The molecule has 0 aliphatic carbocycles. The first-order chi connectivity index (χ1) is 10.3. The Balaban J connectivity index is 2.02. The summed E-state index contributed by atoms with van der Waals surface area (Å²) in [4.78, 5) is 0. The molecule has 4 heteroatoms. The van der Waals surface area contributed by atoms with E-state index in [0.29, 0.717) is 19.0 Å². The van der Waals surface area contributed by atoms with Crippen LogP contribution in [-0.2, 0) is 4.74 Å². The Morgan fingerprint density at radius 1 is 1.05 bits per heavy atom. The van der Waals surface area contributed by atoms with Crippen LogP contribution in [0.25, 0.3) is 0 Å². The molecule has 112 valence electrons. The van der Waals surface area contributed by atoms with Crippen molar-refractivity contribution in [3.63, 3.8) is 0 Å². The summed E-state index contributed by atoms with van der Waals surface area (Å²) in [6, 6.07) is 15.9. The standard InChI is InChI=1S/C17H20FNO2/c1-19-11-12-20-13-17(14-5-3-2-4-6-14)21-16-9-7-15(18)8-10-16/h2-10,17,19H,11-13H2,1H3. The molecule has 1 unspecified atom stereocenters. The maximum absolute atomic E-state index is 12.9. The van der Waals surface area contributed by atoms with Crippen molar-refractivity contribution in [1.29, 1.82) is 0 Å². The van der Waals surface area contributed by atoms with E-state index in [1.54, 1.807) is 12.1 Å². The third-order valence-electron chi connectivity index (χ3n) is 3.03. The zero-order valence-electron chi connectivity index (χ0n) is 12.1. The second-order valence-electron chi connectivity index (χ2n) is 4.65. The molecule has 3 nitrogen and oxygen atoms in total. The molecular weight excluding hydrogens is 269 g/mol. The first-order valence-electron chi connectivity index (χ1n) is 6.99. The largest absolute Gasteiger partial charge is 0.483 e. The molecule has 0 aliphatic heterocycles. The number of likely N-dealkylation sites (N-methyl/N-ethyl adjacent to an activating group) is 1. The molecule has 2 aromatic carbocycles. The highest BCUT2D eigenvalue weighted by atomic mass is 19.1. The summed E-state index contributed by atoms with van der Waals surface area (Å²) in [5, 5.41) is 3.03. The Kier molecular flexibility index (Phi) is 6.19. The molecule has 1 atom stereocenters. The monoisotopic (exact) mass is 289 g/mol. The number of hydrogen-bond acceptors (Lipinski definition) is 3. The van der Waals surface area contributed by atoms with E-state index in [1.807, 2.05) is 37.4 Å². The van der Waals surface area contributed by atoms with Crippen LogP contribution in [0.5, 0.6) is 5.75 Å². The van der Waals surface area contributed by atoms with Gasteiger partial charge in [0.25, 0.3) is 0 Å². The van der Waals surface area contributed by atoms with Crippen LogP contribution in [0.3, 0.4) is 0 Å². The van der Waals surface area contributed by atoms with Gasteiger partial charge in [0.15, 0.2) is 0 Å². The van der Waals surface area contributed by atoms with E-state index in [2.05, 4.69) is 5.32 Å². The Labute approximate surface area is 124 Å². The Hall–Kier alpha value is -1.91. The SMILES string of the molecule is CNCCOCC(Oc1ccc(F)cc1)c1ccccc1. The van der Waals surface area contributed by atoms with E-state index in [4.69, 9.17) is 9.47 Å². The lowest BCUT2D eigenvalue weighted by Gasteiger charge is -2.20. The van der Waals surface area contributed by atoms with Gasteiger partial charge in [-0.25, -0.2) is 4.39 Å². The molecule has 0 saturated heterocycles. The van der Waals surface area contributed by atoms with E-state index in [9.17, 15) is 4.39 Å². The Morgan fingerprint density at radius 2 is 1.76 bits per heavy atom. The molecule has 0 spiro atoms. The minimum atomic E-state index is -0.274. The lowest BCUT2D eigenvalue weighted by molar-refractivity contribution is 0.0513. The second kappa shape index (κ2) is 8.39. The van der Waals surface area contributed by atoms with Gasteiger partial charge in [0.05, 0.1) is 13.2 Å². The van der Waals surface area contributed by atoms with Crippen molar-refractivity contribution >= 4 is 0 Å². The molecule has 0 bridgehead atoms. The van der Waals surface area contributed by atoms with Crippen LogP contribution in [-0.4, -0.2) is 26.8 Å². The van der Waals surface area contributed by atoms with Gasteiger partial charge in [-0.05, 0) is 36.9 Å². The molecule has 21 heavy (non-hydrogen) atoms. The van der Waals surface area contributed by atoms with Crippen molar-refractivity contribution in [2.24, 2.45) is 0 Å². The lowest BCUT2D eigenvalue weighted by Crippen LogP contribution is -2.19. The fraction of sp³-hybridized carbons (Fsp3) is 0.294. The first kappa shape index (κ1) is 15.5. The van der Waals surface area contributed by atoms with Gasteiger partial charge in [0, 0.05) is 6.54 Å². The van der Waals surface area contributed by atoms with Gasteiger partial charge >= 0.3 is 0 Å². The molecule has 0 heterocycles. The second-order valence-corrected chi connectivity index (χ2v) is 4.65. The van der Waals surface area contributed by atoms with E-state index >= 15 is 0 Å². The highest BCUT2D eigenvalue weighted by Crippen LogP contribution is 2.22. The average molecular weight is 289 g/mol. The van der Waals surface area contributed by atoms with Crippen LogP contribution in [0, 0.1) is 5.82 Å². The summed E-state index contributed by atoms with van der Waals surface area (Å²) >= 11 is 0. The van der Waals surface area contributed by atoms with Gasteiger partial charge < -0.3 is 14.8 Å². The zero-order chi connectivity index (χ0) is 14.9. The summed E-state index contributed by atoms with van der Waals surface area (Å²) in [5.74, 6) is 0.353. The van der Waals surface area contributed by atoms with Crippen LogP contribution in [0.15, 0.2) is 54.6 Å². The maximum Gasteiger partial charge on any atom is 0.147 e. The smallest absolute Gasteiger partial charge is 0.147 e. The van der Waals surface area contributed by atoms with Crippen LogP contribution in [0.4, 0.5) is 4.39 Å². The van der Waals surface area contributed by atoms with E-state index in [-0.39, 0.29) is 11.9 Å². The summed E-state index contributed by atoms with van der Waals surface area (Å²) in [7, 11) is 1.88. The summed E-state index contributed by atoms with van der Waals surface area (Å²) < 4.78 is 24.5. The van der Waals surface area contributed by atoms with Crippen molar-refractivity contribution in [3.8, 4) is 5.75 Å². The number of halogens is 1. The van der Waals surface area contributed by atoms with Crippen molar-refractivity contribution in [1.82, 2.24) is 5.32 Å². The van der Waals surface area contributed by atoms with Gasteiger partial charge in [-0.1, -0.05) is 30.3 Å². The van der Waals surface area contributed by atoms with E-state index in [1.165, 1.54) is 12.1 Å². The fourth-order valence-electron chi connectivity index (χ4n) is 1.91. The molecule has 0 aliphatic rings. The molecular formula is C17H20FNO2. The minimum absolute atomic E-state index is 0.214. The number of rotatable bonds is 8. The van der Waals surface area contributed by atoms with E-state index in [0.717, 1.165) is 12.1 Å². The fourth-order valence-corrected chi connectivity index (χ4v) is 1.91. The Morgan fingerprint density at radius 3 is 2.43 bits per heavy atom. The third kappa shape index (κ3) is 5.17. The maximum atomic E-state index is 12.9. The summed E-state index contributed by atoms with van der Waals surface area (Å²) in [6.45, 7) is 1.85. The van der Waals surface area contributed by atoms with Crippen LogP contribution >= 0.6 is 0 Å². The Bertz CT molecular complexity index is 516. The zero-order valence-corrected chi connectivity index (χ0v) is 12.1. The highest BCUT2D eigenvalue weighted by Gasteiger charge is 2.13. The lowest BCUT2D eigenvalue weighted by atomic mass is 10.1. The van der Waals surface area contributed by atoms with Crippen molar-refractivity contribution < 1.29 is 13.9 Å². The normalized spacial score (nSPS) is 12.1. The molecule has 0 radical (unpaired) electrons. The van der Waals surface area contributed by atoms with Gasteiger partial charge in [0.2, 0.25) is 0 Å². The van der Waals surface area contributed by atoms with Gasteiger partial charge in [-0.15, -0.1) is 0 Å². The van der Waals surface area contributed by atoms with Gasteiger partial charge in [-0.3, -0.25) is 0 Å². The number of hydrogen-bond donors (Lipinski definition) is 1. The molecule has 0 amide bonds. The molecule has 0 saturated carbocycles. The predicted octanol–water partition coefficient (Wildman–Crippen LogP) is 3.18. The molecule has 2 aromatic rings. The first-order valence-corrected chi connectivity index (χ1v) is 6.99. The summed E-state index contributed by atoms with van der Waals surface area (Å²) in [6.07, 6.45) is -0.214. The molecule has 2 rings (SSSR count). The van der Waals surface area contributed by atoms with Crippen molar-refractivity contribution in [2.45, 2.75) is 6.10 Å². The molecule has 0 aromatic heterocycles. The number of ether oxygens (including phenoxy) is 2. The van der Waals surface area contributed by atoms with Crippen LogP contribution < -0.4 is 10.1 Å². The topological polar surface area (TPSA) is 30.5 Å². The van der Waals surface area contributed by atoms with Crippen LogP contribution in [0.1, 0.15) is 11.7 Å².